The van der Waals surface area contributed by atoms with Crippen LogP contribution in [-0.2, 0) is 0 Å². The summed E-state index contributed by atoms with van der Waals surface area (Å²) in [6.07, 6.45) is 0. The van der Waals surface area contributed by atoms with E-state index in [-0.39, 0.29) is 0 Å². The van der Waals surface area contributed by atoms with Gasteiger partial charge in [-0.1, -0.05) is 133 Å². The summed E-state index contributed by atoms with van der Waals surface area (Å²) in [7, 11) is 0. The number of aromatic nitrogens is 4. The second kappa shape index (κ2) is 14.0. The molecule has 9 aromatic carbocycles. The Morgan fingerprint density at radius 1 is 0.302 bits per heavy atom. The quantitative estimate of drug-likeness (QED) is 0.167. The van der Waals surface area contributed by atoms with Crippen LogP contribution in [0.4, 0.5) is 0 Å². The lowest BCUT2D eigenvalue weighted by atomic mass is 9.98. The molecule has 0 aliphatic carbocycles. The topological polar surface area (TPSA) is 69.9 Å². The van der Waals surface area contributed by atoms with Gasteiger partial charge in [0.25, 0.3) is 0 Å². The van der Waals surface area contributed by atoms with Crippen LogP contribution in [0.5, 0.6) is 0 Å². The van der Waals surface area contributed by atoms with E-state index in [4.69, 9.17) is 23.8 Å². The number of furan rings is 2. The van der Waals surface area contributed by atoms with Gasteiger partial charge in [-0.2, -0.15) is 0 Å². The molecule has 4 aromatic heterocycles. The van der Waals surface area contributed by atoms with E-state index in [1.807, 2.05) is 72.8 Å². The number of nitrogens with zero attached hydrogens (tertiary/aromatic N) is 4. The van der Waals surface area contributed by atoms with Crippen LogP contribution in [0.25, 0.3) is 128 Å². The number of hydrogen-bond donors (Lipinski definition) is 0. The molecule has 0 saturated carbocycles. The highest BCUT2D eigenvalue weighted by Crippen LogP contribution is 2.41. The highest BCUT2D eigenvalue weighted by atomic mass is 16.3. The maximum absolute atomic E-state index is 6.49. The third kappa shape index (κ3) is 5.76. The van der Waals surface area contributed by atoms with Crippen molar-refractivity contribution < 1.29 is 8.83 Å². The van der Waals surface area contributed by atoms with Crippen LogP contribution < -0.4 is 0 Å². The molecule has 0 bridgehead atoms. The fourth-order valence-corrected chi connectivity index (χ4v) is 9.27. The van der Waals surface area contributed by atoms with Gasteiger partial charge >= 0.3 is 0 Å². The average Bonchev–Trinajstić information content (AvgIpc) is 4.03. The number of hydrogen-bond acceptors (Lipinski definition) is 5. The molecule has 0 N–H and O–H groups in total. The van der Waals surface area contributed by atoms with Gasteiger partial charge in [-0.25, -0.2) is 15.0 Å². The fourth-order valence-electron chi connectivity index (χ4n) is 9.27. The van der Waals surface area contributed by atoms with Crippen LogP contribution >= 0.6 is 0 Å². The predicted octanol–water partition coefficient (Wildman–Crippen LogP) is 15.1. The van der Waals surface area contributed by atoms with Crippen LogP contribution in [0.3, 0.4) is 0 Å². The van der Waals surface area contributed by atoms with Crippen LogP contribution in [0.15, 0.2) is 215 Å². The van der Waals surface area contributed by atoms with E-state index < -0.39 is 0 Å². The standard InChI is InChI=1S/C57H34N4O2/c1-4-13-35(14-5-1)55-58-56(36-15-6-2-7-16-36)60-57(59-55)43-20-12-22-53-54(43)47-34-40(26-30-52(47)63-53)39-25-29-51-46(33-39)45-32-38(24-28-50(45)62-51)37-23-27-49-44(31-37)42-19-10-11-21-48(42)61(49)41-17-8-3-9-18-41/h1-34H. The highest BCUT2D eigenvalue weighted by molar-refractivity contribution is 6.14. The van der Waals surface area contributed by atoms with E-state index in [1.165, 1.54) is 21.8 Å². The molecule has 0 aliphatic heterocycles. The molecule has 0 spiro atoms. The van der Waals surface area contributed by atoms with Crippen molar-refractivity contribution in [1.82, 2.24) is 19.5 Å². The van der Waals surface area contributed by atoms with Gasteiger partial charge < -0.3 is 13.4 Å². The fraction of sp³-hybridized carbons (Fsp3) is 0. The van der Waals surface area contributed by atoms with Gasteiger partial charge in [-0.05, 0) is 95.1 Å². The first-order valence-electron chi connectivity index (χ1n) is 21.1. The molecule has 0 unspecified atom stereocenters. The number of fused-ring (bicyclic) bond motifs is 9. The molecule has 4 heterocycles. The molecule has 6 heteroatoms. The summed E-state index contributed by atoms with van der Waals surface area (Å²) < 4.78 is 15.3. The molecule has 63 heavy (non-hydrogen) atoms. The van der Waals surface area contributed by atoms with Gasteiger partial charge in [0, 0.05) is 54.7 Å². The van der Waals surface area contributed by atoms with Gasteiger partial charge in [0.2, 0.25) is 0 Å². The van der Waals surface area contributed by atoms with Crippen molar-refractivity contribution in [3.05, 3.63) is 206 Å². The molecule has 0 fully saturated rings. The van der Waals surface area contributed by atoms with Crippen molar-refractivity contribution in [1.29, 1.82) is 0 Å². The molecule has 0 amide bonds. The second-order valence-electron chi connectivity index (χ2n) is 16.0. The largest absolute Gasteiger partial charge is 0.456 e. The van der Waals surface area contributed by atoms with E-state index in [0.29, 0.717) is 17.5 Å². The third-order valence-electron chi connectivity index (χ3n) is 12.3. The Balaban J connectivity index is 0.926. The zero-order valence-electron chi connectivity index (χ0n) is 33.7. The number of rotatable bonds is 6. The summed E-state index contributed by atoms with van der Waals surface area (Å²) in [5.41, 5.74) is 14.0. The summed E-state index contributed by atoms with van der Waals surface area (Å²) in [4.78, 5) is 15.1. The first-order valence-corrected chi connectivity index (χ1v) is 21.1. The minimum Gasteiger partial charge on any atom is -0.456 e. The Labute approximate surface area is 361 Å². The molecule has 6 nitrogen and oxygen atoms in total. The van der Waals surface area contributed by atoms with Crippen LogP contribution in [-0.4, -0.2) is 19.5 Å². The molecule has 294 valence electrons. The maximum atomic E-state index is 6.49. The Morgan fingerprint density at radius 2 is 0.778 bits per heavy atom. The molecule has 0 atom stereocenters. The van der Waals surface area contributed by atoms with Crippen molar-refractivity contribution in [3.63, 3.8) is 0 Å². The van der Waals surface area contributed by atoms with Crippen molar-refractivity contribution in [2.75, 3.05) is 0 Å². The smallest absolute Gasteiger partial charge is 0.164 e. The van der Waals surface area contributed by atoms with Crippen molar-refractivity contribution in [3.8, 4) is 62.1 Å². The molecule has 0 saturated heterocycles. The Bertz CT molecular complexity index is 3850. The summed E-state index contributed by atoms with van der Waals surface area (Å²) in [6, 6.07) is 71.6. The summed E-state index contributed by atoms with van der Waals surface area (Å²) >= 11 is 0. The Hall–Kier alpha value is -8.61. The van der Waals surface area contributed by atoms with E-state index >= 15 is 0 Å². The molecule has 0 aliphatic rings. The van der Waals surface area contributed by atoms with Crippen LogP contribution in [0, 0.1) is 0 Å². The van der Waals surface area contributed by atoms with Crippen LogP contribution in [0.1, 0.15) is 0 Å². The first kappa shape index (κ1) is 35.2. The van der Waals surface area contributed by atoms with E-state index in [1.54, 1.807) is 0 Å². The van der Waals surface area contributed by atoms with Gasteiger partial charge in [-0.15, -0.1) is 0 Å². The lowest BCUT2D eigenvalue weighted by Crippen LogP contribution is -2.00. The lowest BCUT2D eigenvalue weighted by molar-refractivity contribution is 0.668. The minimum atomic E-state index is 0.588. The predicted molar refractivity (Wildman–Crippen MR) is 256 cm³/mol. The Morgan fingerprint density at radius 3 is 1.41 bits per heavy atom. The third-order valence-corrected chi connectivity index (χ3v) is 12.3. The van der Waals surface area contributed by atoms with Gasteiger partial charge in [0.15, 0.2) is 17.5 Å². The maximum Gasteiger partial charge on any atom is 0.164 e. The lowest BCUT2D eigenvalue weighted by Gasteiger charge is -2.09. The minimum absolute atomic E-state index is 0.588. The van der Waals surface area contributed by atoms with Crippen molar-refractivity contribution in [2.24, 2.45) is 0 Å². The van der Waals surface area contributed by atoms with Gasteiger partial charge in [-0.3, -0.25) is 0 Å². The average molecular weight is 807 g/mol. The molecule has 13 aromatic rings. The molecule has 13 rings (SSSR count). The van der Waals surface area contributed by atoms with E-state index in [9.17, 15) is 0 Å². The zero-order chi connectivity index (χ0) is 41.4. The van der Waals surface area contributed by atoms with E-state index in [0.717, 1.165) is 88.5 Å². The molecular formula is C57H34N4O2. The summed E-state index contributed by atoms with van der Waals surface area (Å²) in [5.74, 6) is 1.82. The first-order chi connectivity index (χ1) is 31.2. The summed E-state index contributed by atoms with van der Waals surface area (Å²) in [5, 5.41) is 6.55. The van der Waals surface area contributed by atoms with Gasteiger partial charge in [0.1, 0.15) is 22.3 Å². The second-order valence-corrected chi connectivity index (χ2v) is 16.0. The highest BCUT2D eigenvalue weighted by Gasteiger charge is 2.20. The SMILES string of the molecule is c1ccc(-c2nc(-c3ccccc3)nc(-c3cccc4oc5ccc(-c6ccc7oc8ccc(-c9ccc%10c(c9)c9ccccc9n%10-c9ccccc9)cc8c7c6)cc5c34)n2)cc1. The number of para-hydroxylation sites is 2. The number of benzene rings is 9. The van der Waals surface area contributed by atoms with Crippen molar-refractivity contribution in [2.45, 2.75) is 0 Å². The monoisotopic (exact) mass is 806 g/mol. The normalized spacial score (nSPS) is 11.8. The molecular weight excluding hydrogens is 773 g/mol. The molecule has 0 radical (unpaired) electrons. The zero-order valence-corrected chi connectivity index (χ0v) is 33.7. The van der Waals surface area contributed by atoms with Crippen LogP contribution in [0.2, 0.25) is 0 Å². The van der Waals surface area contributed by atoms with Crippen molar-refractivity contribution >= 4 is 65.7 Å². The van der Waals surface area contributed by atoms with Gasteiger partial charge in [0.05, 0.1) is 11.0 Å². The van der Waals surface area contributed by atoms with E-state index in [2.05, 4.69) is 138 Å². The summed E-state index contributed by atoms with van der Waals surface area (Å²) in [6.45, 7) is 0. The Kier molecular flexibility index (Phi) is 7.80.